The van der Waals surface area contributed by atoms with Crippen molar-refractivity contribution in [3.63, 3.8) is 0 Å². The van der Waals surface area contributed by atoms with E-state index in [1.165, 1.54) is 6.07 Å². The molecular formula is C9H12ClN3O2. The summed E-state index contributed by atoms with van der Waals surface area (Å²) in [6.07, 6.45) is 0. The lowest BCUT2D eigenvalue weighted by Gasteiger charge is -2.19. The lowest BCUT2D eigenvalue weighted by atomic mass is 10.2. The number of nitro groups is 1. The molecule has 1 aromatic carbocycles. The van der Waals surface area contributed by atoms with Gasteiger partial charge >= 0.3 is 0 Å². The molecule has 0 amide bonds. The van der Waals surface area contributed by atoms with Gasteiger partial charge in [0.25, 0.3) is 5.69 Å². The van der Waals surface area contributed by atoms with E-state index in [4.69, 9.17) is 17.3 Å². The van der Waals surface area contributed by atoms with Crippen molar-refractivity contribution >= 4 is 23.0 Å². The standard InChI is InChI=1S/C9H12ClN3O2/c1-12(6-5-11)9-7(10)3-2-4-8(9)13(14)15/h2-4H,5-6,11H2,1H3. The molecule has 0 radical (unpaired) electrons. The molecule has 0 heterocycles. The Balaban J connectivity index is 3.18. The Bertz CT molecular complexity index is 370. The van der Waals surface area contributed by atoms with Crippen molar-refractivity contribution in [1.82, 2.24) is 0 Å². The van der Waals surface area contributed by atoms with Crippen molar-refractivity contribution in [3.8, 4) is 0 Å². The van der Waals surface area contributed by atoms with Crippen LogP contribution in [-0.4, -0.2) is 25.1 Å². The Labute approximate surface area is 92.6 Å². The Hall–Kier alpha value is -1.33. The van der Waals surface area contributed by atoms with Gasteiger partial charge in [-0.25, -0.2) is 0 Å². The number of likely N-dealkylation sites (N-methyl/N-ethyl adjacent to an activating group) is 1. The number of nitro benzene ring substituents is 1. The smallest absolute Gasteiger partial charge is 0.294 e. The molecule has 6 heteroatoms. The molecule has 0 saturated carbocycles. The van der Waals surface area contributed by atoms with Crippen molar-refractivity contribution in [2.45, 2.75) is 0 Å². The highest BCUT2D eigenvalue weighted by atomic mass is 35.5. The minimum Gasteiger partial charge on any atom is -0.367 e. The highest BCUT2D eigenvalue weighted by Gasteiger charge is 2.19. The monoisotopic (exact) mass is 229 g/mol. The molecule has 5 nitrogen and oxygen atoms in total. The van der Waals surface area contributed by atoms with Crippen LogP contribution in [0.3, 0.4) is 0 Å². The summed E-state index contributed by atoms with van der Waals surface area (Å²) >= 11 is 5.92. The average molecular weight is 230 g/mol. The largest absolute Gasteiger partial charge is 0.367 e. The molecule has 0 aromatic heterocycles. The van der Waals surface area contributed by atoms with Crippen LogP contribution in [0.1, 0.15) is 0 Å². The maximum Gasteiger partial charge on any atom is 0.294 e. The molecule has 0 atom stereocenters. The number of nitrogens with two attached hydrogens (primary N) is 1. The zero-order valence-electron chi connectivity index (χ0n) is 8.31. The van der Waals surface area contributed by atoms with Crippen LogP contribution in [0.5, 0.6) is 0 Å². The molecule has 15 heavy (non-hydrogen) atoms. The van der Waals surface area contributed by atoms with Crippen molar-refractivity contribution in [1.29, 1.82) is 0 Å². The van der Waals surface area contributed by atoms with Gasteiger partial charge in [0.1, 0.15) is 5.69 Å². The lowest BCUT2D eigenvalue weighted by Crippen LogP contribution is -2.25. The first-order valence-corrected chi connectivity index (χ1v) is 4.80. The fourth-order valence-electron chi connectivity index (χ4n) is 1.33. The van der Waals surface area contributed by atoms with Crippen molar-refractivity contribution in [3.05, 3.63) is 33.3 Å². The average Bonchev–Trinajstić information content (AvgIpc) is 2.17. The van der Waals surface area contributed by atoms with Gasteiger partial charge < -0.3 is 10.6 Å². The van der Waals surface area contributed by atoms with E-state index in [1.54, 1.807) is 24.1 Å². The van der Waals surface area contributed by atoms with Gasteiger partial charge in [0.2, 0.25) is 0 Å². The minimum atomic E-state index is -0.450. The number of anilines is 1. The topological polar surface area (TPSA) is 72.4 Å². The summed E-state index contributed by atoms with van der Waals surface area (Å²) in [6.45, 7) is 0.934. The first-order valence-electron chi connectivity index (χ1n) is 4.42. The summed E-state index contributed by atoms with van der Waals surface area (Å²) in [5, 5.41) is 11.1. The van der Waals surface area contributed by atoms with Gasteiger partial charge in [0.15, 0.2) is 0 Å². The van der Waals surface area contributed by atoms with Gasteiger partial charge in [0.05, 0.1) is 9.95 Å². The molecule has 0 unspecified atom stereocenters. The highest BCUT2D eigenvalue weighted by Crippen LogP contribution is 2.34. The first-order chi connectivity index (χ1) is 7.07. The van der Waals surface area contributed by atoms with Crippen LogP contribution in [-0.2, 0) is 0 Å². The van der Waals surface area contributed by atoms with Gasteiger partial charge in [-0.1, -0.05) is 17.7 Å². The van der Waals surface area contributed by atoms with Crippen LogP contribution >= 0.6 is 11.6 Å². The third kappa shape index (κ3) is 2.57. The summed E-state index contributed by atoms with van der Waals surface area (Å²) in [6, 6.07) is 4.60. The maximum absolute atomic E-state index is 10.8. The number of para-hydroxylation sites is 1. The first kappa shape index (κ1) is 11.7. The summed E-state index contributed by atoms with van der Waals surface area (Å²) in [7, 11) is 1.72. The molecule has 0 aliphatic heterocycles. The summed E-state index contributed by atoms with van der Waals surface area (Å²) in [4.78, 5) is 12.0. The van der Waals surface area contributed by atoms with E-state index >= 15 is 0 Å². The number of halogens is 1. The second kappa shape index (κ2) is 4.95. The normalized spacial score (nSPS) is 10.1. The summed E-state index contributed by atoms with van der Waals surface area (Å²) in [5.41, 5.74) is 5.80. The van der Waals surface area contributed by atoms with E-state index < -0.39 is 4.92 Å². The second-order valence-corrected chi connectivity index (χ2v) is 3.48. The Morgan fingerprint density at radius 1 is 1.60 bits per heavy atom. The van der Waals surface area contributed by atoms with E-state index in [9.17, 15) is 10.1 Å². The Morgan fingerprint density at radius 2 is 2.27 bits per heavy atom. The number of benzene rings is 1. The van der Waals surface area contributed by atoms with E-state index in [-0.39, 0.29) is 5.69 Å². The van der Waals surface area contributed by atoms with E-state index in [0.717, 1.165) is 0 Å². The van der Waals surface area contributed by atoms with Gasteiger partial charge in [0, 0.05) is 26.2 Å². The van der Waals surface area contributed by atoms with Gasteiger partial charge in [-0.15, -0.1) is 0 Å². The molecule has 0 aliphatic rings. The predicted octanol–water partition coefficient (Wildman–Crippen LogP) is 1.64. The van der Waals surface area contributed by atoms with E-state index in [0.29, 0.717) is 23.8 Å². The number of hydrogen-bond donors (Lipinski definition) is 1. The summed E-state index contributed by atoms with van der Waals surface area (Å²) < 4.78 is 0. The molecule has 0 fully saturated rings. The molecular weight excluding hydrogens is 218 g/mol. The van der Waals surface area contributed by atoms with Crippen molar-refractivity contribution in [2.75, 3.05) is 25.0 Å². The molecule has 0 spiro atoms. The van der Waals surface area contributed by atoms with Crippen LogP contribution in [0.2, 0.25) is 5.02 Å². The number of nitrogens with zero attached hydrogens (tertiary/aromatic N) is 2. The molecule has 82 valence electrons. The van der Waals surface area contributed by atoms with Crippen LogP contribution in [0.15, 0.2) is 18.2 Å². The maximum atomic E-state index is 10.8. The molecule has 0 aliphatic carbocycles. The second-order valence-electron chi connectivity index (χ2n) is 3.07. The summed E-state index contributed by atoms with van der Waals surface area (Å²) in [5.74, 6) is 0. The Kier molecular flexibility index (Phi) is 3.88. The Morgan fingerprint density at radius 3 is 2.80 bits per heavy atom. The van der Waals surface area contributed by atoms with Gasteiger partial charge in [-0.05, 0) is 6.07 Å². The molecule has 0 bridgehead atoms. The van der Waals surface area contributed by atoms with Crippen molar-refractivity contribution in [2.24, 2.45) is 5.73 Å². The van der Waals surface area contributed by atoms with Crippen LogP contribution in [0.4, 0.5) is 11.4 Å². The fraction of sp³-hybridized carbons (Fsp3) is 0.333. The number of rotatable bonds is 4. The van der Waals surface area contributed by atoms with Gasteiger partial charge in [-0.2, -0.15) is 0 Å². The SMILES string of the molecule is CN(CCN)c1c(Cl)cccc1[N+](=O)[O-]. The molecule has 1 aromatic rings. The molecule has 1 rings (SSSR count). The van der Waals surface area contributed by atoms with E-state index in [1.807, 2.05) is 0 Å². The fourth-order valence-corrected chi connectivity index (χ4v) is 1.65. The van der Waals surface area contributed by atoms with Crippen molar-refractivity contribution < 1.29 is 4.92 Å². The lowest BCUT2D eigenvalue weighted by molar-refractivity contribution is -0.384. The number of hydrogen-bond acceptors (Lipinski definition) is 4. The third-order valence-electron chi connectivity index (χ3n) is 2.01. The predicted molar refractivity (Wildman–Crippen MR) is 60.4 cm³/mol. The molecule has 0 saturated heterocycles. The third-order valence-corrected chi connectivity index (χ3v) is 2.31. The van der Waals surface area contributed by atoms with Crippen LogP contribution in [0, 0.1) is 10.1 Å². The van der Waals surface area contributed by atoms with Crippen LogP contribution in [0.25, 0.3) is 0 Å². The van der Waals surface area contributed by atoms with Gasteiger partial charge in [-0.3, -0.25) is 10.1 Å². The zero-order valence-corrected chi connectivity index (χ0v) is 9.07. The highest BCUT2D eigenvalue weighted by molar-refractivity contribution is 6.33. The van der Waals surface area contributed by atoms with Crippen LogP contribution < -0.4 is 10.6 Å². The molecule has 2 N–H and O–H groups in total. The van der Waals surface area contributed by atoms with E-state index in [2.05, 4.69) is 0 Å². The minimum absolute atomic E-state index is 0.00144. The zero-order chi connectivity index (χ0) is 11.4. The quantitative estimate of drug-likeness (QED) is 0.629.